The topological polar surface area (TPSA) is 44.8 Å². The van der Waals surface area contributed by atoms with Gasteiger partial charge in [0.15, 0.2) is 12.4 Å². The van der Waals surface area contributed by atoms with Crippen LogP contribution in [-0.4, -0.2) is 31.1 Å². The van der Waals surface area contributed by atoms with Crippen molar-refractivity contribution in [2.75, 3.05) is 6.61 Å². The molecule has 2 fully saturated rings. The Morgan fingerprint density at radius 3 is 2.27 bits per heavy atom. The minimum absolute atomic E-state index is 0.0546. The average Bonchev–Trinajstić information content (AvgIpc) is 2.72. The van der Waals surface area contributed by atoms with Crippen molar-refractivity contribution >= 4 is 5.97 Å². The summed E-state index contributed by atoms with van der Waals surface area (Å²) in [4.78, 5) is 13.0. The molecule has 0 N–H and O–H groups in total. The third-order valence-corrected chi connectivity index (χ3v) is 5.10. The molecular formula is C18H32O4. The molecule has 2 aliphatic heterocycles. The summed E-state index contributed by atoms with van der Waals surface area (Å²) in [5.41, 5.74) is -0.661. The van der Waals surface area contributed by atoms with Crippen molar-refractivity contribution < 1.29 is 19.0 Å². The Hall–Kier alpha value is -0.610. The Labute approximate surface area is 134 Å². The van der Waals surface area contributed by atoms with Crippen LogP contribution < -0.4 is 0 Å². The first-order chi connectivity index (χ1) is 9.92. The molecule has 0 radical (unpaired) electrons. The van der Waals surface area contributed by atoms with Crippen molar-refractivity contribution in [2.24, 2.45) is 16.2 Å². The molecule has 0 amide bonds. The Kier molecular flexibility index (Phi) is 4.67. The van der Waals surface area contributed by atoms with E-state index in [0.717, 1.165) is 19.3 Å². The molecule has 4 heteroatoms. The number of fused-ring (bicyclic) bond motifs is 2. The average molecular weight is 312 g/mol. The minimum atomic E-state index is -0.541. The summed E-state index contributed by atoms with van der Waals surface area (Å²) < 4.78 is 17.2. The number of hydrogen-bond donors (Lipinski definition) is 0. The second-order valence-electron chi connectivity index (χ2n) is 9.30. The first-order valence-corrected chi connectivity index (χ1v) is 8.40. The lowest BCUT2D eigenvalue weighted by molar-refractivity contribution is -0.202. The molecule has 2 aliphatic rings. The van der Waals surface area contributed by atoms with Gasteiger partial charge in [0.1, 0.15) is 0 Å². The van der Waals surface area contributed by atoms with Gasteiger partial charge >= 0.3 is 5.97 Å². The normalized spacial score (nSPS) is 31.7. The van der Waals surface area contributed by atoms with Crippen LogP contribution in [0.2, 0.25) is 0 Å². The maximum absolute atomic E-state index is 13.0. The summed E-state index contributed by atoms with van der Waals surface area (Å²) in [7, 11) is 0. The van der Waals surface area contributed by atoms with E-state index in [2.05, 4.69) is 41.5 Å². The van der Waals surface area contributed by atoms with Crippen LogP contribution in [-0.2, 0) is 19.0 Å². The lowest BCUT2D eigenvalue weighted by atomic mass is 9.61. The first-order valence-electron chi connectivity index (χ1n) is 8.40. The second kappa shape index (κ2) is 5.79. The highest BCUT2D eigenvalue weighted by Gasteiger charge is 2.50. The van der Waals surface area contributed by atoms with Crippen LogP contribution in [0.5, 0.6) is 0 Å². The maximum Gasteiger partial charge on any atom is 0.312 e. The fourth-order valence-electron chi connectivity index (χ4n) is 3.39. The van der Waals surface area contributed by atoms with E-state index in [1.807, 2.05) is 6.92 Å². The van der Waals surface area contributed by atoms with Crippen molar-refractivity contribution in [3.05, 3.63) is 0 Å². The second-order valence-corrected chi connectivity index (χ2v) is 9.30. The Bertz CT molecular complexity index is 418. The smallest absolute Gasteiger partial charge is 0.312 e. The molecule has 4 nitrogen and oxygen atoms in total. The zero-order chi connectivity index (χ0) is 16.8. The Morgan fingerprint density at radius 1 is 1.09 bits per heavy atom. The predicted octanol–water partition coefficient (Wildman–Crippen LogP) is 3.92. The van der Waals surface area contributed by atoms with Crippen molar-refractivity contribution in [3.8, 4) is 0 Å². The molecule has 2 heterocycles. The molecule has 0 aromatic heterocycles. The van der Waals surface area contributed by atoms with Gasteiger partial charge in [0.2, 0.25) is 0 Å². The summed E-state index contributed by atoms with van der Waals surface area (Å²) >= 11 is 0. The zero-order valence-electron chi connectivity index (χ0n) is 15.2. The SMILES string of the molecule is CC(C)(C)CC(C)(C(=O)OC1CCC2COC1O2)C(C)(C)C. The van der Waals surface area contributed by atoms with Crippen LogP contribution in [0.3, 0.4) is 0 Å². The number of rotatable bonds is 3. The number of ether oxygens (including phenoxy) is 3. The van der Waals surface area contributed by atoms with E-state index >= 15 is 0 Å². The van der Waals surface area contributed by atoms with Gasteiger partial charge in [-0.25, -0.2) is 0 Å². The Morgan fingerprint density at radius 2 is 1.73 bits per heavy atom. The van der Waals surface area contributed by atoms with Crippen molar-refractivity contribution in [1.82, 2.24) is 0 Å². The summed E-state index contributed by atoms with van der Waals surface area (Å²) in [6.07, 6.45) is 2.05. The summed E-state index contributed by atoms with van der Waals surface area (Å²) in [5.74, 6) is -0.127. The predicted molar refractivity (Wildman–Crippen MR) is 85.4 cm³/mol. The molecule has 0 aromatic carbocycles. The monoisotopic (exact) mass is 312 g/mol. The van der Waals surface area contributed by atoms with Gasteiger partial charge < -0.3 is 14.2 Å². The van der Waals surface area contributed by atoms with E-state index in [-0.39, 0.29) is 35.3 Å². The van der Waals surface area contributed by atoms with E-state index in [4.69, 9.17) is 14.2 Å². The molecule has 128 valence electrons. The van der Waals surface area contributed by atoms with Crippen molar-refractivity contribution in [3.63, 3.8) is 0 Å². The van der Waals surface area contributed by atoms with Gasteiger partial charge in [-0.1, -0.05) is 41.5 Å². The van der Waals surface area contributed by atoms with E-state index in [1.54, 1.807) is 0 Å². The molecule has 0 saturated carbocycles. The molecule has 0 aromatic rings. The molecule has 0 aliphatic carbocycles. The van der Waals surface area contributed by atoms with Gasteiger partial charge in [-0.3, -0.25) is 4.79 Å². The zero-order valence-corrected chi connectivity index (χ0v) is 15.2. The fraction of sp³-hybridized carbons (Fsp3) is 0.944. The molecule has 22 heavy (non-hydrogen) atoms. The lowest BCUT2D eigenvalue weighted by Gasteiger charge is -2.44. The molecule has 2 saturated heterocycles. The molecule has 2 bridgehead atoms. The molecule has 2 rings (SSSR count). The van der Waals surface area contributed by atoms with Gasteiger partial charge in [0.05, 0.1) is 18.1 Å². The summed E-state index contributed by atoms with van der Waals surface area (Å²) in [6.45, 7) is 15.5. The quantitative estimate of drug-likeness (QED) is 0.741. The summed E-state index contributed by atoms with van der Waals surface area (Å²) in [6, 6.07) is 0. The van der Waals surface area contributed by atoms with Gasteiger partial charge in [-0.2, -0.15) is 0 Å². The van der Waals surface area contributed by atoms with E-state index in [9.17, 15) is 4.79 Å². The molecule has 4 unspecified atom stereocenters. The number of carbonyl (C=O) groups excluding carboxylic acids is 1. The van der Waals surface area contributed by atoms with Crippen molar-refractivity contribution in [2.45, 2.75) is 86.2 Å². The van der Waals surface area contributed by atoms with Crippen LogP contribution in [0, 0.1) is 16.2 Å². The van der Waals surface area contributed by atoms with Gasteiger partial charge in [0, 0.05) is 0 Å². The number of carbonyl (C=O) groups is 1. The molecule has 0 spiro atoms. The highest BCUT2D eigenvalue weighted by atomic mass is 16.7. The van der Waals surface area contributed by atoms with E-state index in [0.29, 0.717) is 6.61 Å². The van der Waals surface area contributed by atoms with E-state index < -0.39 is 5.41 Å². The van der Waals surface area contributed by atoms with Crippen LogP contribution in [0.15, 0.2) is 0 Å². The first kappa shape index (κ1) is 17.7. The van der Waals surface area contributed by atoms with Gasteiger partial charge in [-0.15, -0.1) is 0 Å². The van der Waals surface area contributed by atoms with Crippen molar-refractivity contribution in [1.29, 1.82) is 0 Å². The third-order valence-electron chi connectivity index (χ3n) is 5.10. The maximum atomic E-state index is 13.0. The fourth-order valence-corrected chi connectivity index (χ4v) is 3.39. The Balaban J connectivity index is 2.12. The van der Waals surface area contributed by atoms with Crippen LogP contribution >= 0.6 is 0 Å². The van der Waals surface area contributed by atoms with Crippen LogP contribution in [0.25, 0.3) is 0 Å². The molecular weight excluding hydrogens is 280 g/mol. The van der Waals surface area contributed by atoms with E-state index in [1.165, 1.54) is 0 Å². The molecule has 4 atom stereocenters. The third kappa shape index (κ3) is 3.65. The standard InChI is InChI=1S/C18H32O4/c1-16(2,3)11-18(7,17(4,5)6)15(19)22-13-9-8-12-10-20-14(13)21-12/h12-14H,8-11H2,1-7H3. The van der Waals surface area contributed by atoms with Gasteiger partial charge in [0.25, 0.3) is 0 Å². The largest absolute Gasteiger partial charge is 0.457 e. The highest BCUT2D eigenvalue weighted by molar-refractivity contribution is 5.77. The van der Waals surface area contributed by atoms with Gasteiger partial charge in [-0.05, 0) is 37.0 Å². The number of hydrogen-bond acceptors (Lipinski definition) is 4. The lowest BCUT2D eigenvalue weighted by Crippen LogP contribution is -2.47. The number of esters is 1. The van der Waals surface area contributed by atoms with Crippen LogP contribution in [0.4, 0.5) is 0 Å². The summed E-state index contributed by atoms with van der Waals surface area (Å²) in [5, 5.41) is 0. The van der Waals surface area contributed by atoms with Crippen LogP contribution in [0.1, 0.15) is 67.7 Å². The highest BCUT2D eigenvalue weighted by Crippen LogP contribution is 2.48. The minimum Gasteiger partial charge on any atom is -0.457 e.